The summed E-state index contributed by atoms with van der Waals surface area (Å²) in [6.07, 6.45) is 0. The Morgan fingerprint density at radius 2 is 1.00 bits per heavy atom. The molecule has 1 nitrogen and oxygen atoms in total. The van der Waals surface area contributed by atoms with Gasteiger partial charge in [0, 0.05) is 62.4 Å². The van der Waals surface area contributed by atoms with Gasteiger partial charge in [0.2, 0.25) is 0 Å². The molecule has 0 radical (unpaired) electrons. The minimum absolute atomic E-state index is 1.20. The zero-order valence-electron chi connectivity index (χ0n) is 20.9. The summed E-state index contributed by atoms with van der Waals surface area (Å²) >= 11 is 3.74. The van der Waals surface area contributed by atoms with Crippen molar-refractivity contribution in [1.82, 2.24) is 4.57 Å². The topological polar surface area (TPSA) is 4.93 Å². The van der Waals surface area contributed by atoms with Gasteiger partial charge >= 0.3 is 0 Å². The first kappa shape index (κ1) is 21.5. The van der Waals surface area contributed by atoms with Crippen LogP contribution in [-0.4, -0.2) is 4.57 Å². The summed E-state index contributed by atoms with van der Waals surface area (Å²) in [6, 6.07) is 47.0. The largest absolute Gasteiger partial charge is 0.309 e. The number of hydrogen-bond donors (Lipinski definition) is 0. The van der Waals surface area contributed by atoms with Crippen molar-refractivity contribution in [3.63, 3.8) is 0 Å². The molecule has 0 aliphatic carbocycles. The number of fused-ring (bicyclic) bond motifs is 9. The fourth-order valence-corrected chi connectivity index (χ4v) is 8.44. The molecule has 0 N–H and O–H groups in total. The van der Waals surface area contributed by atoms with Crippen LogP contribution >= 0.6 is 22.7 Å². The Morgan fingerprint density at radius 1 is 0.410 bits per heavy atom. The summed E-state index contributed by atoms with van der Waals surface area (Å²) in [5.74, 6) is 0. The summed E-state index contributed by atoms with van der Waals surface area (Å²) in [4.78, 5) is 0. The van der Waals surface area contributed by atoms with Crippen LogP contribution in [-0.2, 0) is 0 Å². The molecule has 0 saturated carbocycles. The lowest BCUT2D eigenvalue weighted by Crippen LogP contribution is -1.95. The molecular weight excluding hydrogens is 511 g/mol. The maximum Gasteiger partial charge on any atom is 0.0619 e. The van der Waals surface area contributed by atoms with Crippen molar-refractivity contribution in [2.24, 2.45) is 0 Å². The first-order valence-electron chi connectivity index (χ1n) is 13.2. The number of thiophene rings is 2. The molecule has 3 aromatic heterocycles. The average molecular weight is 532 g/mol. The van der Waals surface area contributed by atoms with Gasteiger partial charge in [0.05, 0.1) is 11.0 Å². The molecule has 0 atom stereocenters. The molecular formula is C36H21NS2. The first-order valence-corrected chi connectivity index (χ1v) is 14.8. The van der Waals surface area contributed by atoms with Crippen molar-refractivity contribution in [2.45, 2.75) is 0 Å². The van der Waals surface area contributed by atoms with Crippen LogP contribution in [0.3, 0.4) is 0 Å². The Bertz CT molecular complexity index is 2400. The summed E-state index contributed by atoms with van der Waals surface area (Å²) < 4.78 is 7.82. The third kappa shape index (κ3) is 3.06. The Labute approximate surface area is 232 Å². The maximum absolute atomic E-state index is 2.47. The van der Waals surface area contributed by atoms with E-state index in [4.69, 9.17) is 0 Å². The molecule has 3 heterocycles. The molecule has 0 aliphatic rings. The van der Waals surface area contributed by atoms with Gasteiger partial charge in [-0.1, -0.05) is 78.9 Å². The van der Waals surface area contributed by atoms with Crippen LogP contribution in [0.25, 0.3) is 79.0 Å². The molecule has 9 rings (SSSR count). The second-order valence-electron chi connectivity index (χ2n) is 10.1. The normalized spacial score (nSPS) is 12.1. The van der Waals surface area contributed by atoms with E-state index < -0.39 is 0 Å². The lowest BCUT2D eigenvalue weighted by Gasteiger charge is -2.12. The van der Waals surface area contributed by atoms with Crippen molar-refractivity contribution in [3.8, 4) is 16.8 Å². The minimum atomic E-state index is 1.20. The molecule has 39 heavy (non-hydrogen) atoms. The molecule has 3 heteroatoms. The van der Waals surface area contributed by atoms with Crippen LogP contribution < -0.4 is 0 Å². The van der Waals surface area contributed by atoms with E-state index in [2.05, 4.69) is 132 Å². The fourth-order valence-electron chi connectivity index (χ4n) is 6.27. The Hall–Kier alpha value is -4.44. The van der Waals surface area contributed by atoms with E-state index in [1.807, 2.05) is 22.7 Å². The van der Waals surface area contributed by atoms with Crippen molar-refractivity contribution >= 4 is 84.8 Å². The van der Waals surface area contributed by atoms with E-state index in [-0.39, 0.29) is 0 Å². The quantitative estimate of drug-likeness (QED) is 0.209. The van der Waals surface area contributed by atoms with Gasteiger partial charge in [0.1, 0.15) is 0 Å². The Balaban J connectivity index is 1.38. The van der Waals surface area contributed by atoms with Gasteiger partial charge in [-0.3, -0.25) is 0 Å². The van der Waals surface area contributed by atoms with Gasteiger partial charge in [0.15, 0.2) is 0 Å². The average Bonchev–Trinajstić information content (AvgIpc) is 3.66. The summed E-state index contributed by atoms with van der Waals surface area (Å²) in [7, 11) is 0. The molecule has 9 aromatic rings. The second-order valence-corrected chi connectivity index (χ2v) is 12.3. The van der Waals surface area contributed by atoms with E-state index in [1.54, 1.807) is 0 Å². The summed E-state index contributed by atoms with van der Waals surface area (Å²) in [5, 5.41) is 7.89. The van der Waals surface area contributed by atoms with Gasteiger partial charge in [0.25, 0.3) is 0 Å². The molecule has 182 valence electrons. The molecule has 0 spiro atoms. The van der Waals surface area contributed by atoms with E-state index in [0.717, 1.165) is 0 Å². The fraction of sp³-hybridized carbons (Fsp3) is 0. The smallest absolute Gasteiger partial charge is 0.0619 e. The van der Waals surface area contributed by atoms with Crippen LogP contribution in [0.5, 0.6) is 0 Å². The molecule has 0 fully saturated rings. The SMILES string of the molecule is c1ccc2c(c1)sc1ccc(-c3cccc4c5ccccc5n(-c5ccc6sc7ccccc7c6c5)c34)cc12. The Kier molecular flexibility index (Phi) is 4.43. The van der Waals surface area contributed by atoms with E-state index in [1.165, 1.54) is 79.0 Å². The lowest BCUT2D eigenvalue weighted by molar-refractivity contribution is 1.19. The van der Waals surface area contributed by atoms with Crippen molar-refractivity contribution in [2.75, 3.05) is 0 Å². The zero-order valence-corrected chi connectivity index (χ0v) is 22.5. The van der Waals surface area contributed by atoms with Crippen molar-refractivity contribution < 1.29 is 0 Å². The number of nitrogens with zero attached hydrogens (tertiary/aromatic N) is 1. The van der Waals surface area contributed by atoms with Gasteiger partial charge in [-0.15, -0.1) is 22.7 Å². The molecule has 0 aliphatic heterocycles. The molecule has 0 unspecified atom stereocenters. The lowest BCUT2D eigenvalue weighted by atomic mass is 10.00. The van der Waals surface area contributed by atoms with Crippen molar-refractivity contribution in [1.29, 1.82) is 0 Å². The second kappa shape index (κ2) is 8.03. The van der Waals surface area contributed by atoms with Crippen LogP contribution in [0.4, 0.5) is 0 Å². The summed E-state index contributed by atoms with van der Waals surface area (Å²) in [5.41, 5.74) is 6.21. The Morgan fingerprint density at radius 3 is 1.77 bits per heavy atom. The number of benzene rings is 6. The highest BCUT2D eigenvalue weighted by Gasteiger charge is 2.18. The highest BCUT2D eigenvalue weighted by molar-refractivity contribution is 7.26. The van der Waals surface area contributed by atoms with Gasteiger partial charge in [-0.2, -0.15) is 0 Å². The number of aromatic nitrogens is 1. The predicted octanol–water partition coefficient (Wildman–Crippen LogP) is 11.2. The summed E-state index contributed by atoms with van der Waals surface area (Å²) in [6.45, 7) is 0. The zero-order chi connectivity index (χ0) is 25.5. The van der Waals surface area contributed by atoms with Gasteiger partial charge < -0.3 is 4.57 Å². The molecule has 0 saturated heterocycles. The highest BCUT2D eigenvalue weighted by atomic mass is 32.1. The molecule has 0 bridgehead atoms. The van der Waals surface area contributed by atoms with Gasteiger partial charge in [-0.25, -0.2) is 0 Å². The number of hydrogen-bond acceptors (Lipinski definition) is 2. The van der Waals surface area contributed by atoms with E-state index >= 15 is 0 Å². The molecule has 6 aromatic carbocycles. The predicted molar refractivity (Wildman–Crippen MR) is 172 cm³/mol. The highest BCUT2D eigenvalue weighted by Crippen LogP contribution is 2.42. The third-order valence-corrected chi connectivity index (χ3v) is 10.3. The first-order chi connectivity index (χ1) is 19.3. The molecule has 0 amide bonds. The van der Waals surface area contributed by atoms with Crippen LogP contribution in [0.1, 0.15) is 0 Å². The van der Waals surface area contributed by atoms with Crippen LogP contribution in [0.2, 0.25) is 0 Å². The van der Waals surface area contributed by atoms with Gasteiger partial charge in [-0.05, 0) is 54.1 Å². The number of rotatable bonds is 2. The minimum Gasteiger partial charge on any atom is -0.309 e. The van der Waals surface area contributed by atoms with E-state index in [9.17, 15) is 0 Å². The van der Waals surface area contributed by atoms with Crippen LogP contribution in [0.15, 0.2) is 127 Å². The number of para-hydroxylation sites is 2. The van der Waals surface area contributed by atoms with E-state index in [0.29, 0.717) is 0 Å². The third-order valence-electron chi connectivity index (χ3n) is 8.00. The maximum atomic E-state index is 2.47. The van der Waals surface area contributed by atoms with Crippen LogP contribution in [0, 0.1) is 0 Å². The van der Waals surface area contributed by atoms with Crippen molar-refractivity contribution in [3.05, 3.63) is 127 Å². The standard InChI is InChI=1S/C36H21NS2/c1-4-13-31-25(8-1)28-12-7-11-24(22-16-18-34-29(20-22)26-9-2-5-14-32(26)38-34)36(28)37(31)23-17-19-35-30(21-23)27-10-3-6-15-33(27)39-35/h1-21H. The monoisotopic (exact) mass is 531 g/mol.